The van der Waals surface area contributed by atoms with Crippen LogP contribution in [-0.4, -0.2) is 0 Å². The molecule has 4 aliphatic carbocycles. The second-order valence-corrected chi connectivity index (χ2v) is 7.35. The number of fused-ring (bicyclic) bond motifs is 3. The van der Waals surface area contributed by atoms with E-state index in [0.29, 0.717) is 0 Å². The van der Waals surface area contributed by atoms with E-state index >= 15 is 0 Å². The van der Waals surface area contributed by atoms with Crippen molar-refractivity contribution in [2.75, 3.05) is 0 Å². The normalized spacial score (nSPS) is 42.7. The quantitative estimate of drug-likeness (QED) is 0.592. The van der Waals surface area contributed by atoms with Gasteiger partial charge in [-0.2, -0.15) is 0 Å². The van der Waals surface area contributed by atoms with E-state index in [2.05, 4.69) is 44.2 Å². The summed E-state index contributed by atoms with van der Waals surface area (Å²) in [6.45, 7) is 4.65. The fourth-order valence-electron chi connectivity index (χ4n) is 5.48. The highest BCUT2D eigenvalue weighted by Crippen LogP contribution is 2.56. The molecule has 0 aromatic heterocycles. The molecule has 0 bridgehead atoms. The van der Waals surface area contributed by atoms with Gasteiger partial charge in [0.05, 0.1) is 0 Å². The lowest BCUT2D eigenvalue weighted by Gasteiger charge is -2.37. The molecule has 4 aliphatic rings. The van der Waals surface area contributed by atoms with Crippen LogP contribution in [0.15, 0.2) is 47.1 Å². The summed E-state index contributed by atoms with van der Waals surface area (Å²) in [5.74, 6) is 4.49. The molecular weight excluding hydrogens is 240 g/mol. The first kappa shape index (κ1) is 12.7. The van der Waals surface area contributed by atoms with Crippen LogP contribution in [0.3, 0.4) is 0 Å². The number of allylic oxidation sites excluding steroid dienone is 8. The molecule has 0 heterocycles. The molecule has 0 aromatic rings. The molecule has 4 rings (SSSR count). The van der Waals surface area contributed by atoms with Gasteiger partial charge in [-0.1, -0.05) is 47.9 Å². The minimum absolute atomic E-state index is 0.840. The Bertz CT molecular complexity index is 528. The van der Waals surface area contributed by atoms with Gasteiger partial charge >= 0.3 is 0 Å². The summed E-state index contributed by atoms with van der Waals surface area (Å²) < 4.78 is 0. The van der Waals surface area contributed by atoms with Crippen molar-refractivity contribution in [1.29, 1.82) is 0 Å². The SMILES string of the molecule is CC1=CCC(C2CCCC3C4C=CC=CC4CC23)=C1C. The first-order valence-corrected chi connectivity index (χ1v) is 8.47. The molecule has 2 saturated carbocycles. The van der Waals surface area contributed by atoms with Gasteiger partial charge in [-0.3, -0.25) is 0 Å². The highest BCUT2D eigenvalue weighted by atomic mass is 14.5. The lowest BCUT2D eigenvalue weighted by Crippen LogP contribution is -2.28. The van der Waals surface area contributed by atoms with Crippen molar-refractivity contribution in [2.45, 2.75) is 46.0 Å². The van der Waals surface area contributed by atoms with Crippen molar-refractivity contribution in [2.24, 2.45) is 29.6 Å². The molecular formula is C20H26. The van der Waals surface area contributed by atoms with Crippen LogP contribution in [-0.2, 0) is 0 Å². The Balaban J connectivity index is 1.64. The van der Waals surface area contributed by atoms with Crippen molar-refractivity contribution in [3.8, 4) is 0 Å². The zero-order valence-electron chi connectivity index (χ0n) is 12.8. The first-order valence-electron chi connectivity index (χ1n) is 8.47. The highest BCUT2D eigenvalue weighted by molar-refractivity contribution is 5.41. The summed E-state index contributed by atoms with van der Waals surface area (Å²) in [6, 6.07) is 0. The maximum Gasteiger partial charge on any atom is -0.0124 e. The van der Waals surface area contributed by atoms with Crippen molar-refractivity contribution >= 4 is 0 Å². The van der Waals surface area contributed by atoms with Gasteiger partial charge in [0.25, 0.3) is 0 Å². The molecule has 106 valence electrons. The molecule has 5 unspecified atom stereocenters. The van der Waals surface area contributed by atoms with E-state index in [4.69, 9.17) is 0 Å². The fourth-order valence-corrected chi connectivity index (χ4v) is 5.48. The van der Waals surface area contributed by atoms with E-state index in [1.165, 1.54) is 37.7 Å². The molecule has 0 heteroatoms. The second kappa shape index (κ2) is 4.76. The summed E-state index contributed by atoms with van der Waals surface area (Å²) >= 11 is 0. The average molecular weight is 266 g/mol. The van der Waals surface area contributed by atoms with Gasteiger partial charge in [-0.05, 0) is 74.7 Å². The summed E-state index contributed by atoms with van der Waals surface area (Å²) in [6.07, 6.45) is 19.1. The molecule has 20 heavy (non-hydrogen) atoms. The second-order valence-electron chi connectivity index (χ2n) is 7.35. The van der Waals surface area contributed by atoms with E-state index in [-0.39, 0.29) is 0 Å². The Morgan fingerprint density at radius 1 is 1.00 bits per heavy atom. The highest BCUT2D eigenvalue weighted by Gasteiger charge is 2.47. The molecule has 0 spiro atoms. The van der Waals surface area contributed by atoms with E-state index in [0.717, 1.165) is 29.6 Å². The minimum Gasteiger partial charge on any atom is -0.0808 e. The van der Waals surface area contributed by atoms with Gasteiger partial charge < -0.3 is 0 Å². The van der Waals surface area contributed by atoms with E-state index in [1.54, 1.807) is 11.1 Å². The Morgan fingerprint density at radius 2 is 1.85 bits per heavy atom. The van der Waals surface area contributed by atoms with Gasteiger partial charge in [0.2, 0.25) is 0 Å². The van der Waals surface area contributed by atoms with Crippen LogP contribution in [0.5, 0.6) is 0 Å². The molecule has 0 aliphatic heterocycles. The van der Waals surface area contributed by atoms with Gasteiger partial charge in [0, 0.05) is 0 Å². The van der Waals surface area contributed by atoms with Crippen LogP contribution < -0.4 is 0 Å². The van der Waals surface area contributed by atoms with Crippen LogP contribution in [0, 0.1) is 29.6 Å². The van der Waals surface area contributed by atoms with Crippen molar-refractivity contribution in [3.63, 3.8) is 0 Å². The smallest absolute Gasteiger partial charge is 0.0124 e. The standard InChI is InChI=1S/C20H26/c1-13-10-11-16(14(13)2)18-8-5-9-19-17-7-4-3-6-15(17)12-20(18)19/h3-4,6-7,10,15,17-20H,5,8-9,11-12H2,1-2H3. The van der Waals surface area contributed by atoms with Gasteiger partial charge in [-0.25, -0.2) is 0 Å². The maximum atomic E-state index is 2.51. The molecule has 0 saturated heterocycles. The summed E-state index contributed by atoms with van der Waals surface area (Å²) in [4.78, 5) is 0. The predicted molar refractivity (Wildman–Crippen MR) is 85.3 cm³/mol. The molecule has 0 nitrogen and oxygen atoms in total. The third-order valence-electron chi connectivity index (χ3n) is 6.60. The lowest BCUT2D eigenvalue weighted by atomic mass is 9.68. The maximum absolute atomic E-state index is 2.51. The molecule has 5 atom stereocenters. The molecule has 2 fully saturated rings. The van der Waals surface area contributed by atoms with E-state index in [9.17, 15) is 0 Å². The van der Waals surface area contributed by atoms with Crippen molar-refractivity contribution in [3.05, 3.63) is 47.1 Å². The number of rotatable bonds is 1. The number of hydrogen-bond acceptors (Lipinski definition) is 0. The zero-order valence-corrected chi connectivity index (χ0v) is 12.8. The van der Waals surface area contributed by atoms with Crippen LogP contribution in [0.2, 0.25) is 0 Å². The van der Waals surface area contributed by atoms with Gasteiger partial charge in [-0.15, -0.1) is 0 Å². The first-order chi connectivity index (χ1) is 9.75. The van der Waals surface area contributed by atoms with Gasteiger partial charge in [0.15, 0.2) is 0 Å². The number of hydrogen-bond donors (Lipinski definition) is 0. The summed E-state index contributed by atoms with van der Waals surface area (Å²) in [7, 11) is 0. The molecule has 0 amide bonds. The minimum atomic E-state index is 0.840. The van der Waals surface area contributed by atoms with Crippen molar-refractivity contribution < 1.29 is 0 Å². The molecule has 0 aromatic carbocycles. The Labute approximate surface area is 123 Å². The summed E-state index contributed by atoms with van der Waals surface area (Å²) in [5.41, 5.74) is 4.96. The zero-order chi connectivity index (χ0) is 13.7. The van der Waals surface area contributed by atoms with Crippen LogP contribution >= 0.6 is 0 Å². The van der Waals surface area contributed by atoms with Crippen molar-refractivity contribution in [1.82, 2.24) is 0 Å². The van der Waals surface area contributed by atoms with E-state index < -0.39 is 0 Å². The topological polar surface area (TPSA) is 0 Å². The van der Waals surface area contributed by atoms with E-state index in [1.807, 2.05) is 0 Å². The monoisotopic (exact) mass is 266 g/mol. The predicted octanol–water partition coefficient (Wildman–Crippen LogP) is 5.45. The van der Waals surface area contributed by atoms with Gasteiger partial charge in [0.1, 0.15) is 0 Å². The van der Waals surface area contributed by atoms with Crippen LogP contribution in [0.25, 0.3) is 0 Å². The summed E-state index contributed by atoms with van der Waals surface area (Å²) in [5, 5.41) is 0. The Morgan fingerprint density at radius 3 is 2.65 bits per heavy atom. The molecule has 0 N–H and O–H groups in total. The largest absolute Gasteiger partial charge is 0.0808 e. The average Bonchev–Trinajstić information content (AvgIpc) is 3.01. The third-order valence-corrected chi connectivity index (χ3v) is 6.60. The van der Waals surface area contributed by atoms with Crippen LogP contribution in [0.1, 0.15) is 46.0 Å². The molecule has 0 radical (unpaired) electrons. The Kier molecular flexibility index (Phi) is 3.02. The fraction of sp³-hybridized carbons (Fsp3) is 0.600. The Hall–Kier alpha value is -1.04. The third kappa shape index (κ3) is 1.80. The van der Waals surface area contributed by atoms with Crippen LogP contribution in [0.4, 0.5) is 0 Å². The lowest BCUT2D eigenvalue weighted by molar-refractivity contribution is 0.188.